The average Bonchev–Trinajstić information content (AvgIpc) is 2.38. The Hall–Kier alpha value is -1.71. The van der Waals surface area contributed by atoms with Gasteiger partial charge in [0.2, 0.25) is 5.95 Å². The summed E-state index contributed by atoms with van der Waals surface area (Å²) in [6, 6.07) is 1.93. The van der Waals surface area contributed by atoms with E-state index in [4.69, 9.17) is 0 Å². The van der Waals surface area contributed by atoms with Crippen LogP contribution in [-0.4, -0.2) is 28.0 Å². The molecule has 0 atom stereocenters. The van der Waals surface area contributed by atoms with Gasteiger partial charge in [0.05, 0.1) is 5.52 Å². The minimum absolute atomic E-state index is 0.826. The van der Waals surface area contributed by atoms with Crippen LogP contribution in [0.25, 0.3) is 10.9 Å². The number of anilines is 1. The molecule has 4 nitrogen and oxygen atoms in total. The molecule has 2 heterocycles. The average molecular weight is 230 g/mol. The maximum atomic E-state index is 4.59. The third kappa shape index (κ3) is 2.70. The SMILES string of the molecule is CCCN(CCC)c1ncc2cnccc2n1. The predicted octanol–water partition coefficient (Wildman–Crippen LogP) is 2.65. The molecule has 17 heavy (non-hydrogen) atoms. The Morgan fingerprint density at radius 1 is 1.12 bits per heavy atom. The molecule has 0 bridgehead atoms. The van der Waals surface area contributed by atoms with Crippen molar-refractivity contribution >= 4 is 16.9 Å². The molecule has 0 aliphatic carbocycles. The summed E-state index contributed by atoms with van der Waals surface area (Å²) in [4.78, 5) is 15.3. The number of aromatic nitrogens is 3. The lowest BCUT2D eigenvalue weighted by atomic mass is 10.3. The standard InChI is InChI=1S/C13H18N4/c1-3-7-17(8-4-2)13-15-10-11-9-14-6-5-12(11)16-13/h5-6,9-10H,3-4,7-8H2,1-2H3. The molecule has 90 valence electrons. The molecule has 2 aromatic rings. The highest BCUT2D eigenvalue weighted by molar-refractivity contribution is 5.77. The molecule has 0 amide bonds. The lowest BCUT2D eigenvalue weighted by Crippen LogP contribution is -2.26. The van der Waals surface area contributed by atoms with Crippen LogP contribution in [0.2, 0.25) is 0 Å². The molecule has 0 unspecified atom stereocenters. The van der Waals surface area contributed by atoms with Gasteiger partial charge in [-0.05, 0) is 18.9 Å². The van der Waals surface area contributed by atoms with Crippen LogP contribution >= 0.6 is 0 Å². The summed E-state index contributed by atoms with van der Waals surface area (Å²) < 4.78 is 0. The van der Waals surface area contributed by atoms with E-state index >= 15 is 0 Å². The van der Waals surface area contributed by atoms with Crippen LogP contribution in [0.15, 0.2) is 24.7 Å². The third-order valence-corrected chi connectivity index (χ3v) is 2.64. The molecular formula is C13H18N4. The number of nitrogens with zero attached hydrogens (tertiary/aromatic N) is 4. The van der Waals surface area contributed by atoms with Crippen molar-refractivity contribution in [1.82, 2.24) is 15.0 Å². The molecule has 0 spiro atoms. The zero-order chi connectivity index (χ0) is 12.1. The van der Waals surface area contributed by atoms with Crippen LogP contribution in [0, 0.1) is 0 Å². The van der Waals surface area contributed by atoms with E-state index in [0.717, 1.165) is 42.8 Å². The predicted molar refractivity (Wildman–Crippen MR) is 70.1 cm³/mol. The molecule has 0 aromatic carbocycles. The van der Waals surface area contributed by atoms with Gasteiger partial charge < -0.3 is 4.90 Å². The smallest absolute Gasteiger partial charge is 0.225 e. The first-order valence-corrected chi connectivity index (χ1v) is 6.17. The van der Waals surface area contributed by atoms with Crippen LogP contribution < -0.4 is 4.90 Å². The second-order valence-electron chi connectivity index (χ2n) is 4.09. The first-order valence-electron chi connectivity index (χ1n) is 6.17. The molecule has 0 N–H and O–H groups in total. The van der Waals surface area contributed by atoms with Gasteiger partial charge in [-0.3, -0.25) is 4.98 Å². The maximum absolute atomic E-state index is 4.59. The quantitative estimate of drug-likeness (QED) is 0.792. The second kappa shape index (κ2) is 5.57. The van der Waals surface area contributed by atoms with Crippen molar-refractivity contribution in [3.05, 3.63) is 24.7 Å². The number of pyridine rings is 1. The van der Waals surface area contributed by atoms with Crippen LogP contribution in [-0.2, 0) is 0 Å². The van der Waals surface area contributed by atoms with Crippen molar-refractivity contribution in [2.24, 2.45) is 0 Å². The summed E-state index contributed by atoms with van der Waals surface area (Å²) in [7, 11) is 0. The molecule has 2 aromatic heterocycles. The summed E-state index contributed by atoms with van der Waals surface area (Å²) in [6.07, 6.45) is 7.63. The fourth-order valence-corrected chi connectivity index (χ4v) is 1.87. The molecule has 2 rings (SSSR count). The third-order valence-electron chi connectivity index (χ3n) is 2.64. The Kier molecular flexibility index (Phi) is 3.85. The highest BCUT2D eigenvalue weighted by Crippen LogP contribution is 2.14. The van der Waals surface area contributed by atoms with Gasteiger partial charge in [-0.1, -0.05) is 13.8 Å². The van der Waals surface area contributed by atoms with Crippen LogP contribution in [0.1, 0.15) is 26.7 Å². The molecule has 0 aliphatic heterocycles. The molecule has 0 aliphatic rings. The number of rotatable bonds is 5. The van der Waals surface area contributed by atoms with Gasteiger partial charge in [0, 0.05) is 37.1 Å². The highest BCUT2D eigenvalue weighted by atomic mass is 15.2. The van der Waals surface area contributed by atoms with Gasteiger partial charge >= 0.3 is 0 Å². The Bertz CT molecular complexity index is 478. The first kappa shape index (κ1) is 11.8. The minimum Gasteiger partial charge on any atom is -0.341 e. The van der Waals surface area contributed by atoms with Gasteiger partial charge in [0.1, 0.15) is 0 Å². The van der Waals surface area contributed by atoms with Crippen molar-refractivity contribution in [2.75, 3.05) is 18.0 Å². The fourth-order valence-electron chi connectivity index (χ4n) is 1.87. The summed E-state index contributed by atoms with van der Waals surface area (Å²) >= 11 is 0. The summed E-state index contributed by atoms with van der Waals surface area (Å²) in [6.45, 7) is 6.36. The Morgan fingerprint density at radius 2 is 1.88 bits per heavy atom. The van der Waals surface area contributed by atoms with E-state index in [-0.39, 0.29) is 0 Å². The summed E-state index contributed by atoms with van der Waals surface area (Å²) in [5, 5.41) is 0.990. The molecular weight excluding hydrogens is 212 g/mol. The van der Waals surface area contributed by atoms with Crippen LogP contribution in [0.4, 0.5) is 5.95 Å². The highest BCUT2D eigenvalue weighted by Gasteiger charge is 2.08. The Labute approximate surface area is 102 Å². The monoisotopic (exact) mass is 230 g/mol. The Balaban J connectivity index is 2.32. The van der Waals surface area contributed by atoms with E-state index in [1.54, 1.807) is 12.4 Å². The number of hydrogen-bond donors (Lipinski definition) is 0. The second-order valence-corrected chi connectivity index (χ2v) is 4.09. The first-order chi connectivity index (χ1) is 8.35. The lowest BCUT2D eigenvalue weighted by molar-refractivity contribution is 0.723. The van der Waals surface area contributed by atoms with Crippen molar-refractivity contribution in [3.63, 3.8) is 0 Å². The van der Waals surface area contributed by atoms with E-state index < -0.39 is 0 Å². The minimum atomic E-state index is 0.826. The summed E-state index contributed by atoms with van der Waals surface area (Å²) in [5.41, 5.74) is 0.960. The van der Waals surface area contributed by atoms with Crippen molar-refractivity contribution in [1.29, 1.82) is 0 Å². The zero-order valence-electron chi connectivity index (χ0n) is 10.4. The van der Waals surface area contributed by atoms with Gasteiger partial charge in [-0.15, -0.1) is 0 Å². The van der Waals surface area contributed by atoms with Crippen LogP contribution in [0.5, 0.6) is 0 Å². The number of fused-ring (bicyclic) bond motifs is 1. The lowest BCUT2D eigenvalue weighted by Gasteiger charge is -2.21. The van der Waals surface area contributed by atoms with Gasteiger partial charge in [-0.25, -0.2) is 9.97 Å². The van der Waals surface area contributed by atoms with E-state index in [2.05, 4.69) is 33.7 Å². The zero-order valence-corrected chi connectivity index (χ0v) is 10.4. The summed E-state index contributed by atoms with van der Waals surface area (Å²) in [5.74, 6) is 0.826. The Morgan fingerprint density at radius 3 is 2.59 bits per heavy atom. The van der Waals surface area contributed by atoms with Crippen molar-refractivity contribution < 1.29 is 0 Å². The molecule has 0 saturated heterocycles. The van der Waals surface area contributed by atoms with Crippen LogP contribution in [0.3, 0.4) is 0 Å². The van der Waals surface area contributed by atoms with Gasteiger partial charge in [0.15, 0.2) is 0 Å². The van der Waals surface area contributed by atoms with E-state index in [1.807, 2.05) is 12.3 Å². The molecule has 0 radical (unpaired) electrons. The largest absolute Gasteiger partial charge is 0.341 e. The molecule has 0 saturated carbocycles. The molecule has 0 fully saturated rings. The topological polar surface area (TPSA) is 41.9 Å². The normalized spacial score (nSPS) is 10.7. The van der Waals surface area contributed by atoms with E-state index in [0.29, 0.717) is 0 Å². The maximum Gasteiger partial charge on any atom is 0.225 e. The van der Waals surface area contributed by atoms with Crippen molar-refractivity contribution in [3.8, 4) is 0 Å². The molecule has 4 heteroatoms. The van der Waals surface area contributed by atoms with Gasteiger partial charge in [0.25, 0.3) is 0 Å². The van der Waals surface area contributed by atoms with Crippen molar-refractivity contribution in [2.45, 2.75) is 26.7 Å². The number of hydrogen-bond acceptors (Lipinski definition) is 4. The van der Waals surface area contributed by atoms with E-state index in [9.17, 15) is 0 Å². The van der Waals surface area contributed by atoms with E-state index in [1.165, 1.54) is 0 Å². The van der Waals surface area contributed by atoms with Gasteiger partial charge in [-0.2, -0.15) is 0 Å². The fraction of sp³-hybridized carbons (Fsp3) is 0.462.